The molecule has 0 aliphatic rings. The van der Waals surface area contributed by atoms with E-state index in [0.717, 1.165) is 19.3 Å². The number of benzene rings is 1. The van der Waals surface area contributed by atoms with Crippen molar-refractivity contribution in [1.29, 1.82) is 0 Å². The second-order valence-corrected chi connectivity index (χ2v) is 8.01. The highest BCUT2D eigenvalue weighted by molar-refractivity contribution is 6.30. The number of hydrogen-bond acceptors (Lipinski definition) is 2. The van der Waals surface area contributed by atoms with Gasteiger partial charge >= 0.3 is 0 Å². The molecule has 0 saturated carbocycles. The lowest BCUT2D eigenvalue weighted by Crippen LogP contribution is -2.47. The quantitative estimate of drug-likeness (QED) is 0.495. The van der Waals surface area contributed by atoms with Crippen LogP contribution in [0.25, 0.3) is 0 Å². The van der Waals surface area contributed by atoms with Crippen molar-refractivity contribution in [3.63, 3.8) is 0 Å². The summed E-state index contributed by atoms with van der Waals surface area (Å²) in [5.74, 6) is -0.620. The van der Waals surface area contributed by atoms with Crippen LogP contribution < -0.4 is 10.9 Å². The lowest BCUT2D eigenvalue weighted by molar-refractivity contribution is -0.129. The van der Waals surface area contributed by atoms with Crippen molar-refractivity contribution in [2.45, 2.75) is 66.2 Å². The molecular weight excluding hydrogens is 336 g/mol. The number of halogens is 1. The Kier molecular flexibility index (Phi) is 8.98. The van der Waals surface area contributed by atoms with Crippen molar-refractivity contribution in [3.05, 3.63) is 34.9 Å². The van der Waals surface area contributed by atoms with Gasteiger partial charge in [-0.1, -0.05) is 71.4 Å². The zero-order valence-corrected chi connectivity index (χ0v) is 16.6. The van der Waals surface area contributed by atoms with Gasteiger partial charge in [0.05, 0.1) is 0 Å². The SMILES string of the molecule is CCCCCCCC(C(=O)NNC(=O)c1ccc(Cl)cc1)C(C)(C)C. The maximum absolute atomic E-state index is 12.6. The van der Waals surface area contributed by atoms with Crippen LogP contribution in [0.15, 0.2) is 24.3 Å². The number of hydrazine groups is 1. The molecule has 0 fully saturated rings. The standard InChI is InChI=1S/C20H31ClN2O2/c1-5-6-7-8-9-10-17(20(2,3)4)19(25)23-22-18(24)15-11-13-16(21)14-12-15/h11-14,17H,5-10H2,1-4H3,(H,22,24)(H,23,25). The first-order valence-corrected chi connectivity index (χ1v) is 9.49. The van der Waals surface area contributed by atoms with Gasteiger partial charge in [0, 0.05) is 16.5 Å². The molecule has 0 radical (unpaired) electrons. The maximum Gasteiger partial charge on any atom is 0.269 e. The van der Waals surface area contributed by atoms with Crippen molar-refractivity contribution in [1.82, 2.24) is 10.9 Å². The van der Waals surface area contributed by atoms with Gasteiger partial charge in [0.1, 0.15) is 0 Å². The average Bonchev–Trinajstić information content (AvgIpc) is 2.55. The van der Waals surface area contributed by atoms with Gasteiger partial charge in [-0.05, 0) is 36.1 Å². The molecule has 1 unspecified atom stereocenters. The van der Waals surface area contributed by atoms with Gasteiger partial charge in [-0.2, -0.15) is 0 Å². The molecule has 4 nitrogen and oxygen atoms in total. The van der Waals surface area contributed by atoms with Gasteiger partial charge in [-0.25, -0.2) is 0 Å². The zero-order chi connectivity index (χ0) is 18.9. The topological polar surface area (TPSA) is 58.2 Å². The van der Waals surface area contributed by atoms with Gasteiger partial charge in [0.2, 0.25) is 5.91 Å². The normalized spacial score (nSPS) is 12.5. The lowest BCUT2D eigenvalue weighted by Gasteiger charge is -2.29. The Bertz CT molecular complexity index is 550. The third kappa shape index (κ3) is 7.91. The molecule has 5 heteroatoms. The first kappa shape index (κ1) is 21.5. The van der Waals surface area contributed by atoms with Crippen molar-refractivity contribution in [2.24, 2.45) is 11.3 Å². The summed E-state index contributed by atoms with van der Waals surface area (Å²) in [4.78, 5) is 24.6. The molecule has 0 aliphatic carbocycles. The molecule has 2 N–H and O–H groups in total. The third-order valence-corrected chi connectivity index (χ3v) is 4.62. The van der Waals surface area contributed by atoms with Crippen LogP contribution >= 0.6 is 11.6 Å². The van der Waals surface area contributed by atoms with Crippen LogP contribution in [0.1, 0.15) is 76.6 Å². The highest BCUT2D eigenvalue weighted by atomic mass is 35.5. The minimum Gasteiger partial charge on any atom is -0.273 e. The van der Waals surface area contributed by atoms with Crippen molar-refractivity contribution >= 4 is 23.4 Å². The Morgan fingerprint density at radius 1 is 1.00 bits per heavy atom. The largest absolute Gasteiger partial charge is 0.273 e. The van der Waals surface area contributed by atoms with E-state index in [-0.39, 0.29) is 23.1 Å². The Labute approximate surface area is 156 Å². The molecule has 140 valence electrons. The number of rotatable bonds is 8. The summed E-state index contributed by atoms with van der Waals surface area (Å²) in [5.41, 5.74) is 5.38. The average molecular weight is 367 g/mol. The fraction of sp³-hybridized carbons (Fsp3) is 0.600. The maximum atomic E-state index is 12.6. The first-order valence-electron chi connectivity index (χ1n) is 9.11. The molecule has 25 heavy (non-hydrogen) atoms. The Balaban J connectivity index is 2.54. The summed E-state index contributed by atoms with van der Waals surface area (Å²) < 4.78 is 0. The smallest absolute Gasteiger partial charge is 0.269 e. The molecule has 0 saturated heterocycles. The lowest BCUT2D eigenvalue weighted by atomic mass is 9.77. The minimum atomic E-state index is -0.347. The summed E-state index contributed by atoms with van der Waals surface area (Å²) in [6.07, 6.45) is 6.66. The molecule has 0 bridgehead atoms. The van der Waals surface area contributed by atoms with Gasteiger partial charge in [0.15, 0.2) is 0 Å². The number of amides is 2. The second kappa shape index (κ2) is 10.4. The number of unbranched alkanes of at least 4 members (excludes halogenated alkanes) is 4. The monoisotopic (exact) mass is 366 g/mol. The van der Waals surface area contributed by atoms with Crippen molar-refractivity contribution in [2.75, 3.05) is 0 Å². The highest BCUT2D eigenvalue weighted by Gasteiger charge is 2.30. The fourth-order valence-corrected chi connectivity index (χ4v) is 2.91. The van der Waals surface area contributed by atoms with E-state index in [1.807, 2.05) is 0 Å². The number of hydrogen-bond donors (Lipinski definition) is 2. The molecule has 0 heterocycles. The summed E-state index contributed by atoms with van der Waals surface area (Å²) in [6, 6.07) is 6.54. The Morgan fingerprint density at radius 2 is 1.60 bits per heavy atom. The van der Waals surface area contributed by atoms with Crippen LogP contribution in [-0.2, 0) is 4.79 Å². The van der Waals surface area contributed by atoms with Crippen LogP contribution in [0.3, 0.4) is 0 Å². The summed E-state index contributed by atoms with van der Waals surface area (Å²) in [5, 5.41) is 0.566. The molecule has 1 rings (SSSR count). The van der Waals surface area contributed by atoms with E-state index < -0.39 is 0 Å². The van der Waals surface area contributed by atoms with Gasteiger partial charge < -0.3 is 0 Å². The number of carbonyl (C=O) groups is 2. The van der Waals surface area contributed by atoms with E-state index in [4.69, 9.17) is 11.6 Å². The minimum absolute atomic E-state index is 0.134. The highest BCUT2D eigenvalue weighted by Crippen LogP contribution is 2.30. The number of nitrogens with one attached hydrogen (secondary N) is 2. The molecule has 1 aromatic rings. The Morgan fingerprint density at radius 3 is 2.16 bits per heavy atom. The van der Waals surface area contributed by atoms with E-state index in [1.54, 1.807) is 24.3 Å². The van der Waals surface area contributed by atoms with E-state index in [9.17, 15) is 9.59 Å². The van der Waals surface area contributed by atoms with E-state index in [0.29, 0.717) is 10.6 Å². The van der Waals surface area contributed by atoms with E-state index >= 15 is 0 Å². The van der Waals surface area contributed by atoms with Crippen LogP contribution in [0.4, 0.5) is 0 Å². The summed E-state index contributed by atoms with van der Waals surface area (Å²) in [7, 11) is 0. The molecule has 0 aliphatic heterocycles. The molecule has 1 aromatic carbocycles. The van der Waals surface area contributed by atoms with Gasteiger partial charge in [-0.15, -0.1) is 0 Å². The van der Waals surface area contributed by atoms with Crippen LogP contribution in [0.5, 0.6) is 0 Å². The molecular formula is C20H31ClN2O2. The fourth-order valence-electron chi connectivity index (χ4n) is 2.79. The molecule has 0 spiro atoms. The molecule has 0 aromatic heterocycles. The van der Waals surface area contributed by atoms with Crippen LogP contribution in [0, 0.1) is 11.3 Å². The van der Waals surface area contributed by atoms with Crippen LogP contribution in [0.2, 0.25) is 5.02 Å². The molecule has 2 amide bonds. The summed E-state index contributed by atoms with van der Waals surface area (Å²) >= 11 is 5.81. The molecule has 1 atom stereocenters. The third-order valence-electron chi connectivity index (χ3n) is 4.36. The van der Waals surface area contributed by atoms with Crippen molar-refractivity contribution < 1.29 is 9.59 Å². The van der Waals surface area contributed by atoms with Crippen LogP contribution in [-0.4, -0.2) is 11.8 Å². The van der Waals surface area contributed by atoms with Gasteiger partial charge in [-0.3, -0.25) is 20.4 Å². The van der Waals surface area contributed by atoms with E-state index in [2.05, 4.69) is 38.5 Å². The number of carbonyl (C=O) groups excluding carboxylic acids is 2. The predicted octanol–water partition coefficient (Wildman–Crippen LogP) is 5.12. The first-order chi connectivity index (χ1) is 11.8. The second-order valence-electron chi connectivity index (χ2n) is 7.57. The van der Waals surface area contributed by atoms with E-state index in [1.165, 1.54) is 19.3 Å². The van der Waals surface area contributed by atoms with Gasteiger partial charge in [0.25, 0.3) is 5.91 Å². The predicted molar refractivity (Wildman–Crippen MR) is 103 cm³/mol. The van der Waals surface area contributed by atoms with Crippen molar-refractivity contribution in [3.8, 4) is 0 Å². The Hall–Kier alpha value is -1.55. The zero-order valence-electron chi connectivity index (χ0n) is 15.8. The summed E-state index contributed by atoms with van der Waals surface area (Å²) in [6.45, 7) is 8.37.